The predicted molar refractivity (Wildman–Crippen MR) is 78.3 cm³/mol. The van der Waals surface area contributed by atoms with Gasteiger partial charge < -0.3 is 15.7 Å². The van der Waals surface area contributed by atoms with Gasteiger partial charge in [-0.2, -0.15) is 0 Å². The fourth-order valence-electron chi connectivity index (χ4n) is 1.67. The molecule has 0 saturated heterocycles. The molecule has 1 rings (SSSR count). The summed E-state index contributed by atoms with van der Waals surface area (Å²) in [5.74, 6) is -1.07. The predicted octanol–water partition coefficient (Wildman–Crippen LogP) is 3.22. The summed E-state index contributed by atoms with van der Waals surface area (Å²) in [6.07, 6.45) is 0.304. The van der Waals surface area contributed by atoms with Crippen molar-refractivity contribution in [3.8, 4) is 0 Å². The molecule has 0 aliphatic heterocycles. The van der Waals surface area contributed by atoms with Crippen LogP contribution >= 0.6 is 23.2 Å². The Hall–Kier alpha value is -1.46. The van der Waals surface area contributed by atoms with Gasteiger partial charge in [-0.3, -0.25) is 0 Å². The number of hydrogen-bond acceptors (Lipinski definition) is 2. The van der Waals surface area contributed by atoms with Gasteiger partial charge in [0.25, 0.3) is 0 Å². The molecule has 20 heavy (non-hydrogen) atoms. The molecule has 5 nitrogen and oxygen atoms in total. The quantitative estimate of drug-likeness (QED) is 0.780. The molecular formula is C13H16Cl2N2O3. The van der Waals surface area contributed by atoms with Crippen molar-refractivity contribution in [3.63, 3.8) is 0 Å². The van der Waals surface area contributed by atoms with E-state index in [1.165, 1.54) is 0 Å². The Kier molecular flexibility index (Phi) is 6.10. The van der Waals surface area contributed by atoms with Crippen molar-refractivity contribution >= 4 is 35.2 Å². The van der Waals surface area contributed by atoms with Crippen molar-refractivity contribution in [2.75, 3.05) is 0 Å². The highest BCUT2D eigenvalue weighted by atomic mass is 35.5. The van der Waals surface area contributed by atoms with Crippen LogP contribution in [0.15, 0.2) is 18.2 Å². The van der Waals surface area contributed by atoms with Gasteiger partial charge in [-0.05, 0) is 31.0 Å². The fourth-order valence-corrected chi connectivity index (χ4v) is 2.24. The third-order valence-corrected chi connectivity index (χ3v) is 3.35. The molecule has 2 atom stereocenters. The van der Waals surface area contributed by atoms with Gasteiger partial charge in [0.2, 0.25) is 0 Å². The lowest BCUT2D eigenvalue weighted by Crippen LogP contribution is -2.46. The Morgan fingerprint density at radius 1 is 1.30 bits per heavy atom. The third kappa shape index (κ3) is 4.58. The Morgan fingerprint density at radius 2 is 1.95 bits per heavy atom. The number of benzene rings is 1. The van der Waals surface area contributed by atoms with Gasteiger partial charge in [0.1, 0.15) is 6.04 Å². The molecule has 0 radical (unpaired) electrons. The Labute approximate surface area is 127 Å². The zero-order chi connectivity index (χ0) is 15.3. The largest absolute Gasteiger partial charge is 0.480 e. The first-order chi connectivity index (χ1) is 9.35. The summed E-state index contributed by atoms with van der Waals surface area (Å²) < 4.78 is 0. The van der Waals surface area contributed by atoms with Crippen LogP contribution in [0.1, 0.15) is 31.9 Å². The number of carboxylic acid groups (broad SMARTS) is 1. The second-order valence-electron chi connectivity index (χ2n) is 4.30. The maximum absolute atomic E-state index is 11.7. The van der Waals surface area contributed by atoms with Crippen LogP contribution in [-0.4, -0.2) is 23.1 Å². The smallest absolute Gasteiger partial charge is 0.326 e. The molecule has 0 heterocycles. The molecule has 0 fully saturated rings. The zero-order valence-electron chi connectivity index (χ0n) is 11.1. The number of urea groups is 1. The highest BCUT2D eigenvalue weighted by Crippen LogP contribution is 2.25. The Bertz CT molecular complexity index is 508. The van der Waals surface area contributed by atoms with Gasteiger partial charge in [0.05, 0.1) is 6.04 Å². The summed E-state index contributed by atoms with van der Waals surface area (Å²) in [6, 6.07) is 3.13. The average Bonchev–Trinajstić information content (AvgIpc) is 2.35. The number of carbonyl (C=O) groups is 2. The molecule has 1 aromatic carbocycles. The second kappa shape index (κ2) is 7.36. The van der Waals surface area contributed by atoms with Crippen LogP contribution in [0, 0.1) is 0 Å². The molecule has 3 N–H and O–H groups in total. The van der Waals surface area contributed by atoms with E-state index in [0.717, 1.165) is 0 Å². The van der Waals surface area contributed by atoms with Crippen LogP contribution in [0.25, 0.3) is 0 Å². The molecule has 0 aliphatic carbocycles. The maximum Gasteiger partial charge on any atom is 0.326 e. The van der Waals surface area contributed by atoms with Gasteiger partial charge in [-0.25, -0.2) is 9.59 Å². The summed E-state index contributed by atoms with van der Waals surface area (Å²) in [5.41, 5.74) is 0.703. The first-order valence-electron chi connectivity index (χ1n) is 6.10. The molecule has 0 bridgehead atoms. The van der Waals surface area contributed by atoms with E-state index in [-0.39, 0.29) is 6.04 Å². The van der Waals surface area contributed by atoms with E-state index in [1.54, 1.807) is 32.0 Å². The normalized spacial score (nSPS) is 13.4. The minimum atomic E-state index is -1.07. The maximum atomic E-state index is 11.7. The number of halogens is 2. The highest BCUT2D eigenvalue weighted by Gasteiger charge is 2.19. The minimum absolute atomic E-state index is 0.304. The van der Waals surface area contributed by atoms with E-state index in [4.69, 9.17) is 28.3 Å². The molecule has 0 aliphatic rings. The van der Waals surface area contributed by atoms with Crippen LogP contribution in [-0.2, 0) is 4.79 Å². The average molecular weight is 319 g/mol. The van der Waals surface area contributed by atoms with Crippen molar-refractivity contribution in [3.05, 3.63) is 33.8 Å². The van der Waals surface area contributed by atoms with Gasteiger partial charge in [-0.15, -0.1) is 0 Å². The van der Waals surface area contributed by atoms with E-state index >= 15 is 0 Å². The summed E-state index contributed by atoms with van der Waals surface area (Å²) in [7, 11) is 0. The summed E-state index contributed by atoms with van der Waals surface area (Å²) in [5, 5.41) is 14.8. The first kappa shape index (κ1) is 16.6. The number of aliphatic carboxylic acids is 1. The second-order valence-corrected chi connectivity index (χ2v) is 5.15. The van der Waals surface area contributed by atoms with Crippen LogP contribution in [0.2, 0.25) is 10.0 Å². The summed E-state index contributed by atoms with van der Waals surface area (Å²) in [4.78, 5) is 22.6. The van der Waals surface area contributed by atoms with Gasteiger partial charge in [-0.1, -0.05) is 36.2 Å². The van der Waals surface area contributed by atoms with Crippen molar-refractivity contribution in [2.45, 2.75) is 32.4 Å². The molecule has 0 aromatic heterocycles. The molecule has 2 unspecified atom stereocenters. The van der Waals surface area contributed by atoms with E-state index in [2.05, 4.69) is 10.6 Å². The highest BCUT2D eigenvalue weighted by molar-refractivity contribution is 6.35. The lowest BCUT2D eigenvalue weighted by atomic mass is 10.1. The van der Waals surface area contributed by atoms with Gasteiger partial charge in [0.15, 0.2) is 0 Å². The number of carboxylic acids is 1. The number of amides is 2. The van der Waals surface area contributed by atoms with E-state index < -0.39 is 18.0 Å². The first-order valence-corrected chi connectivity index (χ1v) is 6.85. The lowest BCUT2D eigenvalue weighted by Gasteiger charge is -2.18. The topological polar surface area (TPSA) is 78.4 Å². The van der Waals surface area contributed by atoms with Crippen LogP contribution < -0.4 is 10.6 Å². The van der Waals surface area contributed by atoms with Crippen molar-refractivity contribution in [2.24, 2.45) is 0 Å². The third-order valence-electron chi connectivity index (χ3n) is 2.79. The summed E-state index contributed by atoms with van der Waals surface area (Å²) >= 11 is 11.8. The van der Waals surface area contributed by atoms with E-state index in [1.807, 2.05) is 0 Å². The molecular weight excluding hydrogens is 303 g/mol. The van der Waals surface area contributed by atoms with Crippen LogP contribution in [0.5, 0.6) is 0 Å². The number of hydrogen-bond donors (Lipinski definition) is 3. The standard InChI is InChI=1S/C13H16Cl2N2O3/c1-3-11(12(18)19)17-13(20)16-7(2)9-5-4-8(14)6-10(9)15/h4-7,11H,3H2,1-2H3,(H,18,19)(H2,16,17,20). The lowest BCUT2D eigenvalue weighted by molar-refractivity contribution is -0.139. The Morgan fingerprint density at radius 3 is 2.45 bits per heavy atom. The molecule has 1 aromatic rings. The zero-order valence-corrected chi connectivity index (χ0v) is 12.6. The summed E-state index contributed by atoms with van der Waals surface area (Å²) in [6.45, 7) is 3.43. The monoisotopic (exact) mass is 318 g/mol. The van der Waals surface area contributed by atoms with Crippen molar-refractivity contribution in [1.29, 1.82) is 0 Å². The Balaban J connectivity index is 2.68. The molecule has 7 heteroatoms. The fraction of sp³-hybridized carbons (Fsp3) is 0.385. The van der Waals surface area contributed by atoms with Crippen LogP contribution in [0.4, 0.5) is 4.79 Å². The minimum Gasteiger partial charge on any atom is -0.480 e. The van der Waals surface area contributed by atoms with E-state index in [9.17, 15) is 9.59 Å². The van der Waals surface area contributed by atoms with Gasteiger partial charge >= 0.3 is 12.0 Å². The van der Waals surface area contributed by atoms with Crippen molar-refractivity contribution in [1.82, 2.24) is 10.6 Å². The SMILES string of the molecule is CCC(NC(=O)NC(C)c1ccc(Cl)cc1Cl)C(=O)O. The number of carbonyl (C=O) groups excluding carboxylic acids is 1. The number of nitrogens with one attached hydrogen (secondary N) is 2. The van der Waals surface area contributed by atoms with Crippen molar-refractivity contribution < 1.29 is 14.7 Å². The molecule has 2 amide bonds. The van der Waals surface area contributed by atoms with Gasteiger partial charge in [0, 0.05) is 10.0 Å². The molecule has 110 valence electrons. The molecule has 0 spiro atoms. The van der Waals surface area contributed by atoms with E-state index in [0.29, 0.717) is 22.0 Å². The van der Waals surface area contributed by atoms with Crippen LogP contribution in [0.3, 0.4) is 0 Å². The molecule has 0 saturated carbocycles. The number of rotatable bonds is 5.